The average Bonchev–Trinajstić information content (AvgIpc) is 3.48. The molecule has 0 saturated heterocycles. The molecule has 8 heteroatoms. The largest absolute Gasteiger partial charge is 0.503 e. The van der Waals surface area contributed by atoms with Crippen LogP contribution in [0.5, 0.6) is 11.5 Å². The molecular weight excluding hydrogens is 406 g/mol. The van der Waals surface area contributed by atoms with Gasteiger partial charge in [-0.1, -0.05) is 0 Å². The second kappa shape index (κ2) is 7.72. The maximum absolute atomic E-state index is 13.2. The van der Waals surface area contributed by atoms with E-state index in [1.165, 1.54) is 42.8 Å². The molecule has 1 aromatic carbocycles. The predicted molar refractivity (Wildman–Crippen MR) is 112 cm³/mol. The lowest BCUT2D eigenvalue weighted by molar-refractivity contribution is -0.117. The normalized spacial score (nSPS) is 16.3. The molecular formula is C22H19NO6S. The second-order valence-electron chi connectivity index (χ2n) is 6.69. The van der Waals surface area contributed by atoms with Crippen molar-refractivity contribution in [1.82, 2.24) is 0 Å². The molecule has 0 spiro atoms. The van der Waals surface area contributed by atoms with Gasteiger partial charge < -0.3 is 19.0 Å². The summed E-state index contributed by atoms with van der Waals surface area (Å²) in [6.45, 7) is 1.89. The molecule has 0 saturated carbocycles. The number of aliphatic hydroxyl groups is 1. The molecule has 3 heterocycles. The van der Waals surface area contributed by atoms with Crippen molar-refractivity contribution in [2.24, 2.45) is 0 Å². The number of ketones is 1. The van der Waals surface area contributed by atoms with Crippen LogP contribution in [0.4, 0.5) is 5.69 Å². The van der Waals surface area contributed by atoms with Gasteiger partial charge in [-0.3, -0.25) is 14.5 Å². The van der Waals surface area contributed by atoms with Crippen molar-refractivity contribution in [2.45, 2.75) is 13.0 Å². The Hall–Kier alpha value is -3.52. The number of carbonyl (C=O) groups is 2. The second-order valence-corrected chi connectivity index (χ2v) is 7.63. The van der Waals surface area contributed by atoms with E-state index in [1.54, 1.807) is 24.3 Å². The van der Waals surface area contributed by atoms with Crippen LogP contribution in [0.3, 0.4) is 0 Å². The van der Waals surface area contributed by atoms with Crippen molar-refractivity contribution in [3.8, 4) is 11.5 Å². The van der Waals surface area contributed by atoms with Crippen molar-refractivity contribution in [3.63, 3.8) is 0 Å². The summed E-state index contributed by atoms with van der Waals surface area (Å²) in [6, 6.07) is 9.16. The Morgan fingerprint density at radius 1 is 1.17 bits per heavy atom. The van der Waals surface area contributed by atoms with E-state index in [9.17, 15) is 14.7 Å². The third kappa shape index (κ3) is 3.15. The lowest BCUT2D eigenvalue weighted by Crippen LogP contribution is -2.31. The topological polar surface area (TPSA) is 89.2 Å². The summed E-state index contributed by atoms with van der Waals surface area (Å²) in [5, 5.41) is 12.6. The van der Waals surface area contributed by atoms with E-state index in [0.29, 0.717) is 17.2 Å². The minimum atomic E-state index is -0.813. The number of thiophene rings is 1. The Morgan fingerprint density at radius 2 is 1.87 bits per heavy atom. The highest BCUT2D eigenvalue weighted by Crippen LogP contribution is 2.46. The first-order valence-corrected chi connectivity index (χ1v) is 9.96. The SMILES string of the molecule is COc1cc(OC)cc(N2C(=O)C(O)=C(C(=O)c3ccco3)C2c2sccc2C)c1. The molecule has 0 radical (unpaired) electrons. The highest BCUT2D eigenvalue weighted by atomic mass is 32.1. The zero-order valence-corrected chi connectivity index (χ0v) is 17.4. The van der Waals surface area contributed by atoms with Gasteiger partial charge in [-0.15, -0.1) is 11.3 Å². The number of hydrogen-bond donors (Lipinski definition) is 1. The average molecular weight is 425 g/mol. The zero-order chi connectivity index (χ0) is 21.4. The molecule has 1 atom stereocenters. The van der Waals surface area contributed by atoms with Gasteiger partial charge in [-0.2, -0.15) is 0 Å². The van der Waals surface area contributed by atoms with E-state index in [4.69, 9.17) is 13.9 Å². The molecule has 1 aliphatic heterocycles. The molecule has 1 N–H and O–H groups in total. The number of aryl methyl sites for hydroxylation is 1. The van der Waals surface area contributed by atoms with Crippen LogP contribution in [0.2, 0.25) is 0 Å². The molecule has 7 nitrogen and oxygen atoms in total. The van der Waals surface area contributed by atoms with Crippen LogP contribution in [0, 0.1) is 6.92 Å². The maximum atomic E-state index is 13.2. The van der Waals surface area contributed by atoms with Crippen LogP contribution in [0.15, 0.2) is 63.8 Å². The summed E-state index contributed by atoms with van der Waals surface area (Å²) in [6.07, 6.45) is 1.37. The van der Waals surface area contributed by atoms with Crippen LogP contribution in [0.1, 0.15) is 27.0 Å². The first kappa shape index (κ1) is 19.8. The van der Waals surface area contributed by atoms with E-state index >= 15 is 0 Å². The van der Waals surface area contributed by atoms with Gasteiger partial charge >= 0.3 is 0 Å². The van der Waals surface area contributed by atoms with E-state index in [1.807, 2.05) is 18.4 Å². The highest BCUT2D eigenvalue weighted by molar-refractivity contribution is 7.10. The Labute approximate surface area is 176 Å². The van der Waals surface area contributed by atoms with Gasteiger partial charge in [0.25, 0.3) is 5.91 Å². The van der Waals surface area contributed by atoms with Gasteiger partial charge in [-0.25, -0.2) is 0 Å². The van der Waals surface area contributed by atoms with E-state index in [2.05, 4.69) is 0 Å². The summed E-state index contributed by atoms with van der Waals surface area (Å²) < 4.78 is 15.9. The van der Waals surface area contributed by atoms with Gasteiger partial charge in [-0.05, 0) is 36.1 Å². The van der Waals surface area contributed by atoms with Gasteiger partial charge in [0, 0.05) is 23.1 Å². The van der Waals surface area contributed by atoms with Crippen LogP contribution in [-0.2, 0) is 4.79 Å². The predicted octanol–water partition coefficient (Wildman–Crippen LogP) is 4.45. The molecule has 0 fully saturated rings. The molecule has 4 rings (SSSR count). The lowest BCUT2D eigenvalue weighted by atomic mass is 9.98. The lowest BCUT2D eigenvalue weighted by Gasteiger charge is -2.27. The summed E-state index contributed by atoms with van der Waals surface area (Å²) in [5.41, 5.74) is 1.31. The maximum Gasteiger partial charge on any atom is 0.294 e. The van der Waals surface area contributed by atoms with Gasteiger partial charge in [0.15, 0.2) is 11.5 Å². The van der Waals surface area contributed by atoms with Crippen molar-refractivity contribution >= 4 is 28.7 Å². The van der Waals surface area contributed by atoms with Crippen molar-refractivity contribution in [3.05, 3.63) is 75.6 Å². The molecule has 0 aliphatic carbocycles. The molecule has 1 amide bonds. The Kier molecular flexibility index (Phi) is 5.09. The van der Waals surface area contributed by atoms with E-state index < -0.39 is 23.5 Å². The van der Waals surface area contributed by atoms with Crippen molar-refractivity contribution in [1.29, 1.82) is 0 Å². The molecule has 3 aromatic rings. The fourth-order valence-electron chi connectivity index (χ4n) is 3.49. The number of anilines is 1. The molecule has 0 bridgehead atoms. The number of methoxy groups -OCH3 is 2. The van der Waals surface area contributed by atoms with Crippen LogP contribution in [0.25, 0.3) is 0 Å². The molecule has 1 aliphatic rings. The third-order valence-corrected chi connectivity index (χ3v) is 6.03. The van der Waals surface area contributed by atoms with Crippen LogP contribution in [-0.4, -0.2) is 31.0 Å². The number of hydrogen-bond acceptors (Lipinski definition) is 7. The van der Waals surface area contributed by atoms with Gasteiger partial charge in [0.2, 0.25) is 5.78 Å². The van der Waals surface area contributed by atoms with Gasteiger partial charge in [0.05, 0.1) is 31.7 Å². The number of Topliss-reactive ketones (excluding diaryl/α,β-unsaturated/α-hetero) is 1. The molecule has 1 unspecified atom stereocenters. The quantitative estimate of drug-likeness (QED) is 0.587. The zero-order valence-electron chi connectivity index (χ0n) is 16.5. The van der Waals surface area contributed by atoms with Crippen LogP contribution < -0.4 is 14.4 Å². The smallest absolute Gasteiger partial charge is 0.294 e. The number of nitrogens with zero attached hydrogens (tertiary/aromatic N) is 1. The fourth-order valence-corrected chi connectivity index (χ4v) is 4.51. The third-order valence-electron chi connectivity index (χ3n) is 4.96. The Bertz CT molecular complexity index is 1120. The summed E-state index contributed by atoms with van der Waals surface area (Å²) in [4.78, 5) is 28.5. The van der Waals surface area contributed by atoms with E-state index in [0.717, 1.165) is 10.4 Å². The fraction of sp³-hybridized carbons (Fsp3) is 0.182. The minimum absolute atomic E-state index is 0.0257. The van der Waals surface area contributed by atoms with E-state index in [-0.39, 0.29) is 11.3 Å². The first-order valence-electron chi connectivity index (χ1n) is 9.08. The first-order chi connectivity index (χ1) is 14.5. The summed E-state index contributed by atoms with van der Waals surface area (Å²) in [5.74, 6) is -0.822. The molecule has 154 valence electrons. The number of amides is 1. The Morgan fingerprint density at radius 3 is 2.40 bits per heavy atom. The van der Waals surface area contributed by atoms with Crippen molar-refractivity contribution < 1.29 is 28.6 Å². The number of rotatable bonds is 6. The summed E-state index contributed by atoms with van der Waals surface area (Å²) in [7, 11) is 3.01. The van der Waals surface area contributed by atoms with Gasteiger partial charge in [0.1, 0.15) is 17.5 Å². The highest BCUT2D eigenvalue weighted by Gasteiger charge is 2.46. The number of furan rings is 1. The minimum Gasteiger partial charge on any atom is -0.503 e. The summed E-state index contributed by atoms with van der Waals surface area (Å²) >= 11 is 1.40. The van der Waals surface area contributed by atoms with Crippen molar-refractivity contribution in [2.75, 3.05) is 19.1 Å². The molecule has 30 heavy (non-hydrogen) atoms. The standard InChI is InChI=1S/C22H19NO6S/c1-12-6-8-30-21(12)18-17(19(24)16-5-4-7-29-16)20(25)22(26)23(18)13-9-14(27-2)11-15(10-13)28-3/h4-11,18,25H,1-3H3. The monoisotopic (exact) mass is 425 g/mol. The molecule has 2 aromatic heterocycles. The number of benzene rings is 1. The van der Waals surface area contributed by atoms with Crippen LogP contribution >= 0.6 is 11.3 Å². The number of ether oxygens (including phenoxy) is 2. The Balaban J connectivity index is 1.91. The number of carbonyl (C=O) groups excluding carboxylic acids is 2. The number of aliphatic hydroxyl groups excluding tert-OH is 1.